The van der Waals surface area contributed by atoms with Crippen molar-refractivity contribution in [2.45, 2.75) is 0 Å². The Labute approximate surface area is 78.9 Å². The van der Waals surface area contributed by atoms with Crippen LogP contribution in [0.3, 0.4) is 0 Å². The Morgan fingerprint density at radius 3 is 3.15 bits per heavy atom. The van der Waals surface area contributed by atoms with E-state index in [1.165, 1.54) is 10.1 Å². The second kappa shape index (κ2) is 2.50. The van der Waals surface area contributed by atoms with Gasteiger partial charge in [-0.2, -0.15) is 0 Å². The maximum Gasteiger partial charge on any atom is 0.116 e. The molecule has 0 radical (unpaired) electrons. The molecular formula is C10H6N2S. The van der Waals surface area contributed by atoms with Gasteiger partial charge in [0.1, 0.15) is 6.33 Å². The van der Waals surface area contributed by atoms with Crippen LogP contribution in [0, 0.1) is 0 Å². The van der Waals surface area contributed by atoms with Crippen molar-refractivity contribution in [3.8, 4) is 0 Å². The summed E-state index contributed by atoms with van der Waals surface area (Å²) < 4.78 is 1.28. The number of nitrogens with zero attached hydrogens (tertiary/aromatic N) is 2. The van der Waals surface area contributed by atoms with Gasteiger partial charge in [0, 0.05) is 21.7 Å². The largest absolute Gasteiger partial charge is 0.244 e. The fourth-order valence-corrected chi connectivity index (χ4v) is 2.29. The molecule has 0 saturated carbocycles. The summed E-state index contributed by atoms with van der Waals surface area (Å²) in [6.45, 7) is 0. The van der Waals surface area contributed by atoms with E-state index < -0.39 is 0 Å². The second-order valence-corrected chi connectivity index (χ2v) is 3.81. The van der Waals surface area contributed by atoms with Gasteiger partial charge in [0.15, 0.2) is 0 Å². The standard InChI is InChI=1S/C10H6N2S/c1-2-9-8(3-4-13-9)10-7(1)5-11-6-12-10/h1-6H. The first-order chi connectivity index (χ1) is 6.45. The summed E-state index contributed by atoms with van der Waals surface area (Å²) in [6, 6.07) is 6.29. The molecule has 2 nitrogen and oxygen atoms in total. The van der Waals surface area contributed by atoms with Crippen LogP contribution in [-0.4, -0.2) is 9.97 Å². The topological polar surface area (TPSA) is 25.8 Å². The van der Waals surface area contributed by atoms with Gasteiger partial charge >= 0.3 is 0 Å². The molecule has 0 spiro atoms. The number of benzene rings is 1. The molecule has 0 saturated heterocycles. The van der Waals surface area contributed by atoms with Crippen molar-refractivity contribution in [2.75, 3.05) is 0 Å². The normalized spacial score (nSPS) is 11.1. The van der Waals surface area contributed by atoms with Crippen molar-refractivity contribution in [1.29, 1.82) is 0 Å². The average Bonchev–Trinajstić information content (AvgIpc) is 2.65. The van der Waals surface area contributed by atoms with Gasteiger partial charge in [0.05, 0.1) is 5.52 Å². The molecular weight excluding hydrogens is 180 g/mol. The molecule has 0 N–H and O–H groups in total. The lowest BCUT2D eigenvalue weighted by molar-refractivity contribution is 1.23. The van der Waals surface area contributed by atoms with E-state index in [0.717, 1.165) is 10.9 Å². The fourth-order valence-electron chi connectivity index (χ4n) is 1.50. The molecule has 0 aliphatic rings. The SMILES string of the molecule is c1ncc2ccc3sccc3c2n1. The van der Waals surface area contributed by atoms with Crippen molar-refractivity contribution in [3.63, 3.8) is 0 Å². The molecule has 2 heterocycles. The van der Waals surface area contributed by atoms with Gasteiger partial charge in [-0.25, -0.2) is 9.97 Å². The van der Waals surface area contributed by atoms with E-state index in [-0.39, 0.29) is 0 Å². The Hall–Kier alpha value is -1.48. The number of aromatic nitrogens is 2. The highest BCUT2D eigenvalue weighted by Crippen LogP contribution is 2.26. The highest BCUT2D eigenvalue weighted by Gasteiger charge is 2.00. The minimum absolute atomic E-state index is 1.05. The quantitative estimate of drug-likeness (QED) is 0.539. The van der Waals surface area contributed by atoms with Gasteiger partial charge in [-0.15, -0.1) is 11.3 Å². The molecule has 0 atom stereocenters. The van der Waals surface area contributed by atoms with Crippen molar-refractivity contribution in [1.82, 2.24) is 9.97 Å². The summed E-state index contributed by atoms with van der Waals surface area (Å²) in [6.07, 6.45) is 3.44. The fraction of sp³-hybridized carbons (Fsp3) is 0. The molecule has 0 aliphatic heterocycles. The minimum Gasteiger partial charge on any atom is -0.244 e. The van der Waals surface area contributed by atoms with Gasteiger partial charge in [0.25, 0.3) is 0 Å². The van der Waals surface area contributed by atoms with Gasteiger partial charge in [-0.3, -0.25) is 0 Å². The second-order valence-electron chi connectivity index (χ2n) is 2.86. The molecule has 3 aromatic rings. The van der Waals surface area contributed by atoms with E-state index in [4.69, 9.17) is 0 Å². The third-order valence-electron chi connectivity index (χ3n) is 2.11. The van der Waals surface area contributed by atoms with E-state index in [1.807, 2.05) is 6.20 Å². The Kier molecular flexibility index (Phi) is 1.34. The first-order valence-electron chi connectivity index (χ1n) is 4.01. The molecule has 13 heavy (non-hydrogen) atoms. The Morgan fingerprint density at radius 2 is 2.15 bits per heavy atom. The van der Waals surface area contributed by atoms with Crippen molar-refractivity contribution in [2.24, 2.45) is 0 Å². The predicted octanol–water partition coefficient (Wildman–Crippen LogP) is 2.84. The molecule has 62 valence electrons. The number of hydrogen-bond acceptors (Lipinski definition) is 3. The summed E-state index contributed by atoms with van der Waals surface area (Å²) in [4.78, 5) is 8.27. The summed E-state index contributed by atoms with van der Waals surface area (Å²) >= 11 is 1.74. The highest BCUT2D eigenvalue weighted by molar-refractivity contribution is 7.17. The van der Waals surface area contributed by atoms with Crippen LogP contribution in [0.25, 0.3) is 21.0 Å². The monoisotopic (exact) mass is 186 g/mol. The Balaban J connectivity index is 2.65. The maximum atomic E-state index is 4.28. The summed E-state index contributed by atoms with van der Waals surface area (Å²) in [5, 5.41) is 4.42. The third kappa shape index (κ3) is 0.939. The van der Waals surface area contributed by atoms with E-state index in [2.05, 4.69) is 33.5 Å². The molecule has 0 amide bonds. The van der Waals surface area contributed by atoms with Crippen molar-refractivity contribution >= 4 is 32.3 Å². The van der Waals surface area contributed by atoms with E-state index in [9.17, 15) is 0 Å². The predicted molar refractivity (Wildman–Crippen MR) is 54.9 cm³/mol. The van der Waals surface area contributed by atoms with E-state index >= 15 is 0 Å². The van der Waals surface area contributed by atoms with Crippen LogP contribution in [0.15, 0.2) is 36.1 Å². The first kappa shape index (κ1) is 6.97. The number of rotatable bonds is 0. The van der Waals surface area contributed by atoms with Crippen LogP contribution in [0.1, 0.15) is 0 Å². The molecule has 3 rings (SSSR count). The molecule has 0 aliphatic carbocycles. The molecule has 3 heteroatoms. The summed E-state index contributed by atoms with van der Waals surface area (Å²) in [5.74, 6) is 0. The minimum atomic E-state index is 1.05. The van der Waals surface area contributed by atoms with Crippen LogP contribution >= 0.6 is 11.3 Å². The van der Waals surface area contributed by atoms with Gasteiger partial charge in [-0.05, 0) is 23.6 Å². The van der Waals surface area contributed by atoms with E-state index in [0.29, 0.717) is 0 Å². The lowest BCUT2D eigenvalue weighted by atomic mass is 10.2. The summed E-state index contributed by atoms with van der Waals surface area (Å²) in [5.41, 5.74) is 1.05. The van der Waals surface area contributed by atoms with Crippen molar-refractivity contribution < 1.29 is 0 Å². The number of fused-ring (bicyclic) bond motifs is 3. The lowest BCUT2D eigenvalue weighted by Crippen LogP contribution is -1.79. The Morgan fingerprint density at radius 1 is 1.15 bits per heavy atom. The van der Waals surface area contributed by atoms with Gasteiger partial charge in [0.2, 0.25) is 0 Å². The molecule has 0 unspecified atom stereocenters. The van der Waals surface area contributed by atoms with Gasteiger partial charge < -0.3 is 0 Å². The van der Waals surface area contributed by atoms with Crippen LogP contribution in [-0.2, 0) is 0 Å². The molecule has 0 fully saturated rings. The highest BCUT2D eigenvalue weighted by atomic mass is 32.1. The zero-order chi connectivity index (χ0) is 8.67. The Bertz CT molecular complexity index is 571. The zero-order valence-corrected chi connectivity index (χ0v) is 7.58. The maximum absolute atomic E-state index is 4.28. The van der Waals surface area contributed by atoms with Gasteiger partial charge in [-0.1, -0.05) is 0 Å². The molecule has 1 aromatic carbocycles. The van der Waals surface area contributed by atoms with Crippen LogP contribution < -0.4 is 0 Å². The van der Waals surface area contributed by atoms with Crippen molar-refractivity contribution in [3.05, 3.63) is 36.1 Å². The smallest absolute Gasteiger partial charge is 0.116 e. The number of hydrogen-bond donors (Lipinski definition) is 0. The number of thiophene rings is 1. The summed E-state index contributed by atoms with van der Waals surface area (Å²) in [7, 11) is 0. The van der Waals surface area contributed by atoms with Crippen LogP contribution in [0.4, 0.5) is 0 Å². The van der Waals surface area contributed by atoms with Crippen LogP contribution in [0.2, 0.25) is 0 Å². The molecule has 0 bridgehead atoms. The average molecular weight is 186 g/mol. The zero-order valence-electron chi connectivity index (χ0n) is 6.77. The lowest BCUT2D eigenvalue weighted by Gasteiger charge is -1.95. The van der Waals surface area contributed by atoms with Crippen LogP contribution in [0.5, 0.6) is 0 Å². The first-order valence-corrected chi connectivity index (χ1v) is 4.89. The van der Waals surface area contributed by atoms with E-state index in [1.54, 1.807) is 17.7 Å². The third-order valence-corrected chi connectivity index (χ3v) is 2.99. The molecule has 2 aromatic heterocycles.